The van der Waals surface area contributed by atoms with Crippen molar-refractivity contribution in [2.45, 2.75) is 50.6 Å². The van der Waals surface area contributed by atoms with Crippen LogP contribution in [0.25, 0.3) is 11.1 Å². The third kappa shape index (κ3) is 2.50. The largest absolute Gasteiger partial charge is 0.369 e. The second kappa shape index (κ2) is 5.95. The highest BCUT2D eigenvalue weighted by atomic mass is 16.2. The van der Waals surface area contributed by atoms with E-state index in [-0.39, 0.29) is 17.9 Å². The van der Waals surface area contributed by atoms with E-state index < -0.39 is 5.54 Å². The van der Waals surface area contributed by atoms with Crippen LogP contribution in [0.1, 0.15) is 43.2 Å². The lowest BCUT2D eigenvalue weighted by Gasteiger charge is -2.36. The number of benzene rings is 2. The lowest BCUT2D eigenvalue weighted by molar-refractivity contribution is -0.135. The number of hydrogen-bond donors (Lipinski definition) is 1. The Bertz CT molecular complexity index is 942. The Morgan fingerprint density at radius 1 is 1.04 bits per heavy atom. The molecule has 4 heteroatoms. The van der Waals surface area contributed by atoms with Gasteiger partial charge in [0.1, 0.15) is 0 Å². The third-order valence-electron chi connectivity index (χ3n) is 6.34. The minimum absolute atomic E-state index is 0.0913. The summed E-state index contributed by atoms with van der Waals surface area (Å²) >= 11 is 0. The minimum Gasteiger partial charge on any atom is -0.369 e. The van der Waals surface area contributed by atoms with E-state index in [0.29, 0.717) is 5.96 Å². The number of guanidine groups is 1. The zero-order valence-corrected chi connectivity index (χ0v) is 15.7. The normalized spacial score (nSPS) is 25.4. The first-order valence-electron chi connectivity index (χ1n) is 9.96. The van der Waals surface area contributed by atoms with E-state index in [0.717, 1.165) is 36.8 Å². The highest BCUT2D eigenvalue weighted by molar-refractivity contribution is 6.08. The summed E-state index contributed by atoms with van der Waals surface area (Å²) in [5, 5.41) is 0. The van der Waals surface area contributed by atoms with Gasteiger partial charge in [-0.1, -0.05) is 48.0 Å². The first-order valence-corrected chi connectivity index (χ1v) is 9.96. The van der Waals surface area contributed by atoms with E-state index in [2.05, 4.69) is 49.4 Å². The molecule has 138 valence electrons. The SMILES string of the molecule is Cc1cccc(-c2cccc(C3(C4CC4)N=C(N)N(C4CCC4)C3=O)c2)c1. The first kappa shape index (κ1) is 16.5. The van der Waals surface area contributed by atoms with E-state index in [1.807, 2.05) is 6.07 Å². The number of aryl methyl sites for hydroxylation is 1. The fourth-order valence-corrected chi connectivity index (χ4v) is 4.52. The summed E-state index contributed by atoms with van der Waals surface area (Å²) in [6.07, 6.45) is 5.31. The van der Waals surface area contributed by atoms with Gasteiger partial charge in [-0.15, -0.1) is 0 Å². The molecule has 2 aliphatic carbocycles. The van der Waals surface area contributed by atoms with Crippen molar-refractivity contribution in [2.75, 3.05) is 0 Å². The Hall–Kier alpha value is -2.62. The lowest BCUT2D eigenvalue weighted by Crippen LogP contribution is -2.51. The maximum Gasteiger partial charge on any atom is 0.262 e. The van der Waals surface area contributed by atoms with Crippen LogP contribution in [-0.4, -0.2) is 22.8 Å². The van der Waals surface area contributed by atoms with Gasteiger partial charge in [-0.05, 0) is 67.7 Å². The zero-order chi connectivity index (χ0) is 18.6. The molecular weight excluding hydrogens is 334 g/mol. The van der Waals surface area contributed by atoms with Crippen LogP contribution < -0.4 is 5.73 Å². The Balaban J connectivity index is 1.59. The first-order chi connectivity index (χ1) is 13.1. The van der Waals surface area contributed by atoms with Gasteiger partial charge in [0.15, 0.2) is 11.5 Å². The molecule has 2 fully saturated rings. The van der Waals surface area contributed by atoms with Crippen molar-refractivity contribution >= 4 is 11.9 Å². The predicted octanol–water partition coefficient (Wildman–Crippen LogP) is 3.98. The molecule has 2 aromatic carbocycles. The Morgan fingerprint density at radius 3 is 2.37 bits per heavy atom. The monoisotopic (exact) mass is 359 g/mol. The summed E-state index contributed by atoms with van der Waals surface area (Å²) < 4.78 is 0. The Kier molecular flexibility index (Phi) is 3.64. The lowest BCUT2D eigenvalue weighted by atomic mass is 9.82. The van der Waals surface area contributed by atoms with Crippen LogP contribution in [0.4, 0.5) is 0 Å². The van der Waals surface area contributed by atoms with Gasteiger partial charge < -0.3 is 5.73 Å². The fraction of sp³-hybridized carbons (Fsp3) is 0.391. The molecule has 0 bridgehead atoms. The van der Waals surface area contributed by atoms with Crippen molar-refractivity contribution in [1.82, 2.24) is 4.90 Å². The van der Waals surface area contributed by atoms with E-state index in [1.54, 1.807) is 4.90 Å². The molecule has 1 heterocycles. The second-order valence-electron chi connectivity index (χ2n) is 8.22. The van der Waals surface area contributed by atoms with Gasteiger partial charge in [0, 0.05) is 6.04 Å². The molecule has 1 amide bonds. The van der Waals surface area contributed by atoms with Crippen molar-refractivity contribution in [2.24, 2.45) is 16.6 Å². The van der Waals surface area contributed by atoms with Crippen LogP contribution >= 0.6 is 0 Å². The second-order valence-corrected chi connectivity index (χ2v) is 8.22. The van der Waals surface area contributed by atoms with Crippen LogP contribution in [-0.2, 0) is 10.3 Å². The maximum atomic E-state index is 13.6. The fourth-order valence-electron chi connectivity index (χ4n) is 4.52. The Labute approximate surface area is 160 Å². The van der Waals surface area contributed by atoms with Crippen LogP contribution in [0.2, 0.25) is 0 Å². The summed E-state index contributed by atoms with van der Waals surface area (Å²) in [6, 6.07) is 17.0. The van der Waals surface area contributed by atoms with Gasteiger partial charge in [-0.3, -0.25) is 9.69 Å². The number of hydrogen-bond acceptors (Lipinski definition) is 3. The molecule has 0 radical (unpaired) electrons. The number of aliphatic imine (C=N–C) groups is 1. The topological polar surface area (TPSA) is 58.7 Å². The molecule has 0 saturated heterocycles. The average Bonchev–Trinajstić information content (AvgIpc) is 3.44. The van der Waals surface area contributed by atoms with Crippen molar-refractivity contribution in [1.29, 1.82) is 0 Å². The van der Waals surface area contributed by atoms with Crippen molar-refractivity contribution < 1.29 is 4.79 Å². The molecule has 27 heavy (non-hydrogen) atoms. The molecule has 2 saturated carbocycles. The third-order valence-corrected chi connectivity index (χ3v) is 6.34. The number of rotatable bonds is 4. The standard InChI is InChI=1S/C23H25N3O/c1-15-5-2-6-16(13-15)17-7-3-8-19(14-17)23(18-11-12-18)21(27)26(22(24)25-23)20-9-4-10-20/h2-3,5-8,13-14,18,20H,4,9-12H2,1H3,(H2,24,25). The molecule has 0 aromatic heterocycles. The smallest absolute Gasteiger partial charge is 0.262 e. The zero-order valence-electron chi connectivity index (χ0n) is 15.7. The molecule has 3 aliphatic rings. The molecule has 4 nitrogen and oxygen atoms in total. The Morgan fingerprint density at radius 2 is 1.74 bits per heavy atom. The van der Waals surface area contributed by atoms with Gasteiger partial charge in [0.2, 0.25) is 0 Å². The number of amides is 1. The summed E-state index contributed by atoms with van der Waals surface area (Å²) in [5.74, 6) is 0.771. The molecule has 1 aliphatic heterocycles. The molecule has 2 aromatic rings. The number of nitrogens with two attached hydrogens (primary N) is 1. The van der Waals surface area contributed by atoms with Crippen molar-refractivity contribution in [3.63, 3.8) is 0 Å². The number of nitrogens with zero attached hydrogens (tertiary/aromatic N) is 2. The summed E-state index contributed by atoms with van der Waals surface area (Å²) in [6.45, 7) is 2.10. The van der Waals surface area contributed by atoms with Crippen LogP contribution in [0, 0.1) is 12.8 Å². The van der Waals surface area contributed by atoms with Crippen LogP contribution in [0.3, 0.4) is 0 Å². The number of carbonyl (C=O) groups is 1. The van der Waals surface area contributed by atoms with Crippen molar-refractivity contribution in [3.05, 3.63) is 59.7 Å². The van der Waals surface area contributed by atoms with E-state index in [9.17, 15) is 4.79 Å². The summed E-state index contributed by atoms with van der Waals surface area (Å²) in [4.78, 5) is 20.2. The van der Waals surface area contributed by atoms with E-state index in [4.69, 9.17) is 10.7 Å². The van der Waals surface area contributed by atoms with Crippen molar-refractivity contribution in [3.8, 4) is 11.1 Å². The average molecular weight is 359 g/mol. The highest BCUT2D eigenvalue weighted by Gasteiger charge is 2.59. The quantitative estimate of drug-likeness (QED) is 0.898. The van der Waals surface area contributed by atoms with Gasteiger partial charge in [-0.2, -0.15) is 0 Å². The summed E-state index contributed by atoms with van der Waals surface area (Å²) in [5.41, 5.74) is 9.97. The molecule has 5 rings (SSSR count). The van der Waals surface area contributed by atoms with Crippen LogP contribution in [0.5, 0.6) is 0 Å². The van der Waals surface area contributed by atoms with Crippen LogP contribution in [0.15, 0.2) is 53.5 Å². The maximum absolute atomic E-state index is 13.6. The molecule has 2 N–H and O–H groups in total. The predicted molar refractivity (Wildman–Crippen MR) is 107 cm³/mol. The molecular formula is C23H25N3O. The summed E-state index contributed by atoms with van der Waals surface area (Å²) in [7, 11) is 0. The van der Waals surface area contributed by atoms with E-state index >= 15 is 0 Å². The molecule has 0 spiro atoms. The van der Waals surface area contributed by atoms with Gasteiger partial charge in [0.05, 0.1) is 0 Å². The molecule has 1 unspecified atom stereocenters. The van der Waals surface area contributed by atoms with Gasteiger partial charge in [-0.25, -0.2) is 4.99 Å². The highest BCUT2D eigenvalue weighted by Crippen LogP contribution is 2.52. The van der Waals surface area contributed by atoms with E-state index in [1.165, 1.54) is 17.5 Å². The minimum atomic E-state index is -0.820. The van der Waals surface area contributed by atoms with Gasteiger partial charge >= 0.3 is 0 Å². The number of carbonyl (C=O) groups excluding carboxylic acids is 1. The van der Waals surface area contributed by atoms with Gasteiger partial charge in [0.25, 0.3) is 5.91 Å². The molecule has 1 atom stereocenters.